The number of hydrogen-bond acceptors (Lipinski definition) is 5. The molecule has 0 unspecified atom stereocenters. The Morgan fingerprint density at radius 2 is 2.00 bits per heavy atom. The van der Waals surface area contributed by atoms with Crippen molar-refractivity contribution in [2.24, 2.45) is 0 Å². The van der Waals surface area contributed by atoms with Crippen LogP contribution in [0, 0.1) is 0 Å². The second-order valence-electron chi connectivity index (χ2n) is 5.80. The molecule has 1 amide bonds. The second-order valence-corrected chi connectivity index (χ2v) is 7.99. The van der Waals surface area contributed by atoms with Crippen LogP contribution in [0.15, 0.2) is 36.4 Å². The molecule has 0 radical (unpaired) electrons. The summed E-state index contributed by atoms with van der Waals surface area (Å²) >= 11 is 0. The van der Waals surface area contributed by atoms with Crippen LogP contribution in [0.5, 0.6) is 0 Å². The lowest BCUT2D eigenvalue weighted by molar-refractivity contribution is -0.144. The summed E-state index contributed by atoms with van der Waals surface area (Å²) in [6.07, 6.45) is 3.19. The van der Waals surface area contributed by atoms with E-state index in [4.69, 9.17) is 4.74 Å². The van der Waals surface area contributed by atoms with Gasteiger partial charge in [-0.1, -0.05) is 30.3 Å². The van der Waals surface area contributed by atoms with E-state index < -0.39 is 33.9 Å². The summed E-state index contributed by atoms with van der Waals surface area (Å²) in [7, 11) is -3.10. The molecule has 6 nitrogen and oxygen atoms in total. The molecule has 1 saturated heterocycles. The Morgan fingerprint density at radius 1 is 1.30 bits per heavy atom. The average Bonchev–Trinajstić information content (AvgIpc) is 2.77. The Morgan fingerprint density at radius 3 is 2.61 bits per heavy atom. The van der Waals surface area contributed by atoms with Gasteiger partial charge in [0.25, 0.3) is 5.91 Å². The van der Waals surface area contributed by atoms with Crippen molar-refractivity contribution in [1.82, 2.24) is 5.32 Å². The maximum Gasteiger partial charge on any atom is 0.331 e. The molecule has 0 aliphatic carbocycles. The fraction of sp³-hybridized carbons (Fsp3) is 0.375. The average molecular weight is 337 g/mol. The first-order valence-corrected chi connectivity index (χ1v) is 9.02. The molecule has 1 N–H and O–H groups in total. The molecule has 0 bridgehead atoms. The number of ether oxygens (including phenoxy) is 1. The third-order valence-corrected chi connectivity index (χ3v) is 5.40. The van der Waals surface area contributed by atoms with Gasteiger partial charge in [0.15, 0.2) is 16.4 Å². The highest BCUT2D eigenvalue weighted by Crippen LogP contribution is 2.22. The van der Waals surface area contributed by atoms with E-state index in [-0.39, 0.29) is 11.5 Å². The molecule has 1 aromatic carbocycles. The highest BCUT2D eigenvalue weighted by molar-refractivity contribution is 7.91. The maximum absolute atomic E-state index is 11.8. The normalized spacial score (nSPS) is 22.8. The molecule has 23 heavy (non-hydrogen) atoms. The van der Waals surface area contributed by atoms with E-state index in [0.717, 1.165) is 5.56 Å². The Balaban J connectivity index is 1.78. The molecule has 124 valence electrons. The van der Waals surface area contributed by atoms with Crippen molar-refractivity contribution in [3.8, 4) is 0 Å². The number of esters is 1. The van der Waals surface area contributed by atoms with E-state index in [1.165, 1.54) is 6.08 Å². The van der Waals surface area contributed by atoms with Crippen LogP contribution in [0.4, 0.5) is 0 Å². The minimum absolute atomic E-state index is 0.0589. The van der Waals surface area contributed by atoms with Crippen LogP contribution in [0.2, 0.25) is 0 Å². The molecule has 1 fully saturated rings. The number of hydrogen-bond donors (Lipinski definition) is 1. The van der Waals surface area contributed by atoms with Crippen molar-refractivity contribution in [2.75, 3.05) is 18.1 Å². The predicted octanol–water partition coefficient (Wildman–Crippen LogP) is 0.936. The molecular formula is C16H19NO5S. The van der Waals surface area contributed by atoms with E-state index in [2.05, 4.69) is 5.32 Å². The van der Waals surface area contributed by atoms with Crippen molar-refractivity contribution >= 4 is 27.8 Å². The Kier molecular flexibility index (Phi) is 5.20. The molecule has 7 heteroatoms. The number of rotatable bonds is 5. The number of carbonyl (C=O) groups is 2. The number of amides is 1. The van der Waals surface area contributed by atoms with Crippen LogP contribution in [-0.2, 0) is 24.2 Å². The van der Waals surface area contributed by atoms with Gasteiger partial charge in [0, 0.05) is 6.08 Å². The first kappa shape index (κ1) is 17.2. The molecule has 1 aromatic rings. The minimum Gasteiger partial charge on any atom is -0.452 e. The zero-order valence-electron chi connectivity index (χ0n) is 12.8. The van der Waals surface area contributed by atoms with Gasteiger partial charge < -0.3 is 10.1 Å². The van der Waals surface area contributed by atoms with E-state index in [1.807, 2.05) is 30.3 Å². The number of benzene rings is 1. The van der Waals surface area contributed by atoms with Gasteiger partial charge >= 0.3 is 5.97 Å². The lowest BCUT2D eigenvalue weighted by atomic mass is 10.0. The first-order valence-electron chi connectivity index (χ1n) is 7.19. The summed E-state index contributed by atoms with van der Waals surface area (Å²) in [5, 5.41) is 2.62. The monoisotopic (exact) mass is 337 g/mol. The van der Waals surface area contributed by atoms with Crippen molar-refractivity contribution in [3.05, 3.63) is 42.0 Å². The van der Waals surface area contributed by atoms with Crippen LogP contribution in [0.3, 0.4) is 0 Å². The Labute approximate surface area is 135 Å². The fourth-order valence-corrected chi connectivity index (χ4v) is 4.49. The highest BCUT2D eigenvalue weighted by atomic mass is 32.2. The summed E-state index contributed by atoms with van der Waals surface area (Å²) in [4.78, 5) is 23.3. The summed E-state index contributed by atoms with van der Waals surface area (Å²) in [6, 6.07) is 9.21. The van der Waals surface area contributed by atoms with E-state index in [1.54, 1.807) is 13.0 Å². The molecule has 1 aliphatic rings. The number of carbonyl (C=O) groups excluding carboxylic acids is 2. The third-order valence-electron chi connectivity index (χ3n) is 3.50. The summed E-state index contributed by atoms with van der Waals surface area (Å²) in [5.41, 5.74) is 0.0555. The summed E-state index contributed by atoms with van der Waals surface area (Å²) < 4.78 is 27.8. The summed E-state index contributed by atoms with van der Waals surface area (Å²) in [6.45, 7) is 1.24. The molecule has 1 atom stereocenters. The van der Waals surface area contributed by atoms with Gasteiger partial charge in [-0.2, -0.15) is 0 Å². The summed E-state index contributed by atoms with van der Waals surface area (Å²) in [5.74, 6) is -1.17. The zero-order valence-corrected chi connectivity index (χ0v) is 13.6. The molecule has 0 spiro atoms. The van der Waals surface area contributed by atoms with Crippen LogP contribution >= 0.6 is 0 Å². The second kappa shape index (κ2) is 6.95. The largest absolute Gasteiger partial charge is 0.452 e. The molecule has 0 aromatic heterocycles. The minimum atomic E-state index is -3.10. The third kappa shape index (κ3) is 5.52. The van der Waals surface area contributed by atoms with Crippen molar-refractivity contribution < 1.29 is 22.7 Å². The van der Waals surface area contributed by atoms with E-state index in [0.29, 0.717) is 6.42 Å². The van der Waals surface area contributed by atoms with Gasteiger partial charge in [-0.05, 0) is 25.0 Å². The van der Waals surface area contributed by atoms with E-state index >= 15 is 0 Å². The van der Waals surface area contributed by atoms with Crippen LogP contribution < -0.4 is 5.32 Å². The van der Waals surface area contributed by atoms with Crippen molar-refractivity contribution in [1.29, 1.82) is 0 Å². The van der Waals surface area contributed by atoms with E-state index in [9.17, 15) is 18.0 Å². The zero-order chi connectivity index (χ0) is 16.9. The van der Waals surface area contributed by atoms with Crippen LogP contribution in [-0.4, -0.2) is 43.9 Å². The molecule has 2 rings (SSSR count). The van der Waals surface area contributed by atoms with Crippen LogP contribution in [0.1, 0.15) is 18.9 Å². The van der Waals surface area contributed by atoms with Crippen molar-refractivity contribution in [3.63, 3.8) is 0 Å². The molecule has 1 heterocycles. The van der Waals surface area contributed by atoms with Gasteiger partial charge in [-0.25, -0.2) is 13.2 Å². The maximum atomic E-state index is 11.8. The molecule has 1 aliphatic heterocycles. The lowest BCUT2D eigenvalue weighted by Crippen LogP contribution is -2.48. The smallest absolute Gasteiger partial charge is 0.331 e. The Hall–Kier alpha value is -2.15. The van der Waals surface area contributed by atoms with Crippen LogP contribution in [0.25, 0.3) is 6.08 Å². The fourth-order valence-electron chi connectivity index (χ4n) is 2.39. The quantitative estimate of drug-likeness (QED) is 0.638. The number of nitrogens with one attached hydrogen (secondary N) is 1. The van der Waals surface area contributed by atoms with Gasteiger partial charge in [0.2, 0.25) is 0 Å². The first-order chi connectivity index (χ1) is 10.8. The topological polar surface area (TPSA) is 89.5 Å². The van der Waals surface area contributed by atoms with Gasteiger partial charge in [-0.3, -0.25) is 4.79 Å². The number of sulfone groups is 1. The highest BCUT2D eigenvalue weighted by Gasteiger charge is 2.39. The van der Waals surface area contributed by atoms with Gasteiger partial charge in [0.1, 0.15) is 0 Å². The van der Waals surface area contributed by atoms with Gasteiger partial charge in [-0.15, -0.1) is 0 Å². The standard InChI is InChI=1S/C16H19NO5S/c1-16(9-10-23(20,21)12-16)17-14(18)11-22-15(19)8-7-13-5-3-2-4-6-13/h2-8H,9-12H2,1H3,(H,17,18)/b8-7+/t16-/m0/s1. The predicted molar refractivity (Wildman–Crippen MR) is 86.3 cm³/mol. The lowest BCUT2D eigenvalue weighted by Gasteiger charge is -2.23. The molecular weight excluding hydrogens is 318 g/mol. The van der Waals surface area contributed by atoms with Gasteiger partial charge in [0.05, 0.1) is 17.0 Å². The SMILES string of the molecule is C[C@]1(NC(=O)COC(=O)/C=C/c2ccccc2)CCS(=O)(=O)C1. The Bertz CT molecular complexity index is 711. The van der Waals surface area contributed by atoms with Crippen molar-refractivity contribution in [2.45, 2.75) is 18.9 Å². The molecule has 0 saturated carbocycles.